The molecule has 0 radical (unpaired) electrons. The van der Waals surface area contributed by atoms with Gasteiger partial charge in [0.2, 0.25) is 0 Å². The van der Waals surface area contributed by atoms with E-state index in [1.165, 1.54) is 37.7 Å². The Bertz CT molecular complexity index is 450. The molecule has 2 nitrogen and oxygen atoms in total. The molecular weight excluding hydrogens is 331 g/mol. The van der Waals surface area contributed by atoms with Crippen molar-refractivity contribution in [1.29, 1.82) is 0 Å². The highest BCUT2D eigenvalue weighted by Gasteiger charge is 2.31. The molecule has 1 aliphatic carbocycles. The summed E-state index contributed by atoms with van der Waals surface area (Å²) >= 11 is 3.36. The standard InChI is InChI=1S/C17H24BrFN2/c18-15-12-14(6-7-16(15)19)17(13-4-2-1-3-5-13)21-10-8-20-9-11-21/h6-7,12-13,17,20H,1-5,8-11H2/t17-/m0/s1. The van der Waals surface area contributed by atoms with E-state index < -0.39 is 0 Å². The normalized spacial score (nSPS) is 23.1. The van der Waals surface area contributed by atoms with Gasteiger partial charge in [0.25, 0.3) is 0 Å². The maximum absolute atomic E-state index is 13.6. The van der Waals surface area contributed by atoms with Crippen LogP contribution < -0.4 is 5.32 Å². The lowest BCUT2D eigenvalue weighted by atomic mass is 9.80. The first-order chi connectivity index (χ1) is 10.3. The predicted molar refractivity (Wildman–Crippen MR) is 87.9 cm³/mol. The number of halogens is 2. The van der Waals surface area contributed by atoms with Crippen molar-refractivity contribution >= 4 is 15.9 Å². The third-order valence-corrected chi connectivity index (χ3v) is 5.53. The van der Waals surface area contributed by atoms with Crippen LogP contribution in [-0.2, 0) is 0 Å². The maximum Gasteiger partial charge on any atom is 0.137 e. The number of nitrogens with one attached hydrogen (secondary N) is 1. The van der Waals surface area contributed by atoms with Crippen molar-refractivity contribution in [3.8, 4) is 0 Å². The molecule has 0 aromatic heterocycles. The van der Waals surface area contributed by atoms with Gasteiger partial charge >= 0.3 is 0 Å². The van der Waals surface area contributed by atoms with Crippen LogP contribution in [0.3, 0.4) is 0 Å². The minimum absolute atomic E-state index is 0.165. The summed E-state index contributed by atoms with van der Waals surface area (Å²) in [5.41, 5.74) is 1.28. The summed E-state index contributed by atoms with van der Waals surface area (Å²) in [6.07, 6.45) is 6.68. The highest BCUT2D eigenvalue weighted by atomic mass is 79.9. The summed E-state index contributed by atoms with van der Waals surface area (Å²) < 4.78 is 14.2. The Kier molecular flexibility index (Phi) is 5.30. The fourth-order valence-electron chi connectivity index (χ4n) is 3.89. The van der Waals surface area contributed by atoms with E-state index in [0.717, 1.165) is 26.2 Å². The predicted octanol–water partition coefficient (Wildman–Crippen LogP) is 4.11. The number of benzene rings is 1. The Labute approximate surface area is 135 Å². The van der Waals surface area contributed by atoms with Gasteiger partial charge in [-0.1, -0.05) is 25.3 Å². The van der Waals surface area contributed by atoms with Crippen LogP contribution in [0, 0.1) is 11.7 Å². The summed E-state index contributed by atoms with van der Waals surface area (Å²) in [5.74, 6) is 0.552. The van der Waals surface area contributed by atoms with Crippen molar-refractivity contribution in [3.63, 3.8) is 0 Å². The van der Waals surface area contributed by atoms with Crippen LogP contribution in [0.1, 0.15) is 43.7 Å². The Morgan fingerprint density at radius 3 is 2.52 bits per heavy atom. The number of piperazine rings is 1. The first kappa shape index (κ1) is 15.4. The number of hydrogen-bond acceptors (Lipinski definition) is 2. The summed E-state index contributed by atoms with van der Waals surface area (Å²) in [6, 6.07) is 6.04. The molecule has 1 aliphatic heterocycles. The molecule has 0 amide bonds. The van der Waals surface area contributed by atoms with Crippen LogP contribution in [0.5, 0.6) is 0 Å². The Morgan fingerprint density at radius 1 is 1.14 bits per heavy atom. The molecule has 1 aromatic carbocycles. The van der Waals surface area contributed by atoms with Gasteiger partial charge in [0, 0.05) is 32.2 Å². The monoisotopic (exact) mass is 354 g/mol. The van der Waals surface area contributed by atoms with Gasteiger partial charge in [-0.15, -0.1) is 0 Å². The molecule has 2 aliphatic rings. The van der Waals surface area contributed by atoms with E-state index in [-0.39, 0.29) is 5.82 Å². The minimum Gasteiger partial charge on any atom is -0.314 e. The molecule has 1 atom stereocenters. The second kappa shape index (κ2) is 7.21. The SMILES string of the molecule is Fc1ccc([C@H](C2CCCCC2)N2CCNCC2)cc1Br. The summed E-state index contributed by atoms with van der Waals surface area (Å²) in [7, 11) is 0. The first-order valence-electron chi connectivity index (χ1n) is 8.15. The van der Waals surface area contributed by atoms with E-state index in [1.54, 1.807) is 6.07 Å². The fourth-order valence-corrected chi connectivity index (χ4v) is 4.28. The molecule has 1 N–H and O–H groups in total. The van der Waals surface area contributed by atoms with Crippen LogP contribution in [0.15, 0.2) is 22.7 Å². The van der Waals surface area contributed by atoms with Gasteiger partial charge in [-0.25, -0.2) is 4.39 Å². The first-order valence-corrected chi connectivity index (χ1v) is 8.95. The third-order valence-electron chi connectivity index (χ3n) is 4.93. The van der Waals surface area contributed by atoms with Crippen molar-refractivity contribution in [3.05, 3.63) is 34.1 Å². The third kappa shape index (κ3) is 3.66. The number of rotatable bonds is 3. The molecule has 0 bridgehead atoms. The second-order valence-corrected chi connectivity index (χ2v) is 7.16. The van der Waals surface area contributed by atoms with Crippen molar-refractivity contribution in [1.82, 2.24) is 10.2 Å². The van der Waals surface area contributed by atoms with Crippen LogP contribution in [0.25, 0.3) is 0 Å². The van der Waals surface area contributed by atoms with E-state index in [1.807, 2.05) is 12.1 Å². The van der Waals surface area contributed by atoms with Crippen molar-refractivity contribution in [2.75, 3.05) is 26.2 Å². The molecule has 1 heterocycles. The minimum atomic E-state index is -0.165. The average molecular weight is 355 g/mol. The maximum atomic E-state index is 13.6. The molecule has 0 spiro atoms. The van der Waals surface area contributed by atoms with E-state index in [9.17, 15) is 4.39 Å². The van der Waals surface area contributed by atoms with Crippen LogP contribution in [0.4, 0.5) is 4.39 Å². The molecule has 21 heavy (non-hydrogen) atoms. The smallest absolute Gasteiger partial charge is 0.137 e. The molecule has 3 rings (SSSR count). The van der Waals surface area contributed by atoms with E-state index >= 15 is 0 Å². The van der Waals surface area contributed by atoms with Gasteiger partial charge in [-0.3, -0.25) is 4.90 Å². The lowest BCUT2D eigenvalue weighted by molar-refractivity contribution is 0.103. The van der Waals surface area contributed by atoms with Crippen molar-refractivity contribution in [2.24, 2.45) is 5.92 Å². The number of nitrogens with zero attached hydrogens (tertiary/aromatic N) is 1. The Hall–Kier alpha value is -0.450. The molecule has 1 saturated carbocycles. The Balaban J connectivity index is 1.87. The van der Waals surface area contributed by atoms with Crippen molar-refractivity contribution in [2.45, 2.75) is 38.1 Å². The van der Waals surface area contributed by atoms with Gasteiger partial charge in [0.05, 0.1) is 4.47 Å². The molecule has 4 heteroatoms. The van der Waals surface area contributed by atoms with Crippen LogP contribution >= 0.6 is 15.9 Å². The second-order valence-electron chi connectivity index (χ2n) is 6.30. The van der Waals surface area contributed by atoms with E-state index in [4.69, 9.17) is 0 Å². The summed E-state index contributed by atoms with van der Waals surface area (Å²) in [6.45, 7) is 4.31. The average Bonchev–Trinajstić information content (AvgIpc) is 2.53. The topological polar surface area (TPSA) is 15.3 Å². The van der Waals surface area contributed by atoms with E-state index in [0.29, 0.717) is 16.4 Å². The zero-order chi connectivity index (χ0) is 14.7. The molecule has 1 saturated heterocycles. The molecular formula is C17H24BrFN2. The van der Waals surface area contributed by atoms with Gasteiger partial charge in [0.1, 0.15) is 5.82 Å². The summed E-state index contributed by atoms with van der Waals surface area (Å²) in [5, 5.41) is 3.43. The lowest BCUT2D eigenvalue weighted by Gasteiger charge is -2.41. The fraction of sp³-hybridized carbons (Fsp3) is 0.647. The summed E-state index contributed by atoms with van der Waals surface area (Å²) in [4.78, 5) is 2.60. The van der Waals surface area contributed by atoms with Crippen molar-refractivity contribution < 1.29 is 4.39 Å². The molecule has 2 fully saturated rings. The molecule has 116 valence electrons. The Morgan fingerprint density at radius 2 is 1.86 bits per heavy atom. The number of hydrogen-bond donors (Lipinski definition) is 1. The van der Waals surface area contributed by atoms with Gasteiger partial charge in [-0.05, 0) is 52.4 Å². The van der Waals surface area contributed by atoms with E-state index in [2.05, 4.69) is 26.1 Å². The highest BCUT2D eigenvalue weighted by molar-refractivity contribution is 9.10. The quantitative estimate of drug-likeness (QED) is 0.878. The largest absolute Gasteiger partial charge is 0.314 e. The van der Waals surface area contributed by atoms with Crippen LogP contribution in [0.2, 0.25) is 0 Å². The zero-order valence-electron chi connectivity index (χ0n) is 12.5. The van der Waals surface area contributed by atoms with Crippen LogP contribution in [-0.4, -0.2) is 31.1 Å². The zero-order valence-corrected chi connectivity index (χ0v) is 14.0. The van der Waals surface area contributed by atoms with Gasteiger partial charge < -0.3 is 5.32 Å². The van der Waals surface area contributed by atoms with Gasteiger partial charge in [0.15, 0.2) is 0 Å². The van der Waals surface area contributed by atoms with Gasteiger partial charge in [-0.2, -0.15) is 0 Å². The molecule has 0 unspecified atom stereocenters. The lowest BCUT2D eigenvalue weighted by Crippen LogP contribution is -2.47. The highest BCUT2D eigenvalue weighted by Crippen LogP contribution is 2.39. The molecule has 1 aromatic rings.